The molecule has 0 amide bonds. The number of nitrogens with one attached hydrogen (secondary N) is 1. The monoisotopic (exact) mass is 267 g/mol. The lowest BCUT2D eigenvalue weighted by molar-refractivity contribution is 0.200. The first-order chi connectivity index (χ1) is 7.51. The Morgan fingerprint density at radius 2 is 1.88 bits per heavy atom. The molecule has 0 aromatic heterocycles. The van der Waals surface area contributed by atoms with E-state index in [-0.39, 0.29) is 23.7 Å². The third-order valence-electron chi connectivity index (χ3n) is 2.03. The van der Waals surface area contributed by atoms with Gasteiger partial charge in [-0.2, -0.15) is 0 Å². The Hall–Kier alpha value is -1.40. The topological polar surface area (TPSA) is 62.5 Å². The number of hydrogen-bond donors (Lipinski definition) is 2. The lowest BCUT2D eigenvalue weighted by atomic mass is 10.1. The molecule has 1 atom stereocenters. The second-order valence-electron chi connectivity index (χ2n) is 2.98. The highest BCUT2D eigenvalue weighted by Crippen LogP contribution is 2.26. The van der Waals surface area contributed by atoms with Crippen LogP contribution in [0.1, 0.15) is 11.7 Å². The fraction of sp³-hybridized carbons (Fsp3) is 0.300. The van der Waals surface area contributed by atoms with Crippen molar-refractivity contribution >= 4 is 18.3 Å². The van der Waals surface area contributed by atoms with Crippen LogP contribution in [0.15, 0.2) is 12.1 Å². The van der Waals surface area contributed by atoms with E-state index in [1.807, 2.05) is 0 Å². The van der Waals surface area contributed by atoms with E-state index in [9.17, 15) is 13.9 Å². The molecular formula is C10H12ClF2NO3. The van der Waals surface area contributed by atoms with Crippen molar-refractivity contribution in [3.8, 4) is 5.75 Å². The Kier molecular flexibility index (Phi) is 5.84. The van der Waals surface area contributed by atoms with Crippen molar-refractivity contribution in [2.24, 2.45) is 0 Å². The van der Waals surface area contributed by atoms with E-state index < -0.39 is 23.6 Å². The van der Waals surface area contributed by atoms with Crippen LogP contribution in [0.2, 0.25) is 0 Å². The van der Waals surface area contributed by atoms with Gasteiger partial charge in [0.25, 0.3) is 0 Å². The maximum Gasteiger partial charge on any atom is 0.214 e. The predicted molar refractivity (Wildman–Crippen MR) is 59.9 cm³/mol. The van der Waals surface area contributed by atoms with Crippen LogP contribution in [-0.4, -0.2) is 25.2 Å². The van der Waals surface area contributed by atoms with Gasteiger partial charge in [-0.05, 0) is 6.07 Å². The predicted octanol–water partition coefficient (Wildman–Crippen LogP) is 2.05. The van der Waals surface area contributed by atoms with Crippen molar-refractivity contribution < 1.29 is 23.4 Å². The molecule has 0 aliphatic carbocycles. The second-order valence-corrected chi connectivity index (χ2v) is 2.98. The highest BCUT2D eigenvalue weighted by Gasteiger charge is 2.21. The number of benzene rings is 1. The minimum Gasteiger partial charge on any atom is -0.494 e. The third kappa shape index (κ3) is 3.28. The summed E-state index contributed by atoms with van der Waals surface area (Å²) in [6.45, 7) is 0. The first-order valence-corrected chi connectivity index (χ1v) is 4.34. The molecule has 0 saturated heterocycles. The molecule has 1 aromatic rings. The van der Waals surface area contributed by atoms with Crippen LogP contribution in [0.5, 0.6) is 5.75 Å². The summed E-state index contributed by atoms with van der Waals surface area (Å²) in [7, 11) is 2.39. The van der Waals surface area contributed by atoms with E-state index in [1.54, 1.807) is 0 Å². The molecule has 4 nitrogen and oxygen atoms in total. The Balaban J connectivity index is 0.00000256. The minimum absolute atomic E-state index is 0. The molecule has 2 N–H and O–H groups in total. The number of aliphatic hydroxyl groups excluding tert-OH is 1. The molecule has 7 heteroatoms. The molecule has 0 bridgehead atoms. The van der Waals surface area contributed by atoms with E-state index in [4.69, 9.17) is 5.41 Å². The van der Waals surface area contributed by atoms with Crippen LogP contribution < -0.4 is 4.74 Å². The summed E-state index contributed by atoms with van der Waals surface area (Å²) in [4.78, 5) is 0. The number of aliphatic hydroxyl groups is 1. The molecule has 0 radical (unpaired) electrons. The molecule has 96 valence electrons. The van der Waals surface area contributed by atoms with Crippen molar-refractivity contribution in [1.82, 2.24) is 0 Å². The summed E-state index contributed by atoms with van der Waals surface area (Å²) < 4.78 is 35.4. The van der Waals surface area contributed by atoms with Crippen LogP contribution in [0, 0.1) is 17.0 Å². The molecule has 17 heavy (non-hydrogen) atoms. The first kappa shape index (κ1) is 15.6. The number of rotatable bonds is 3. The van der Waals surface area contributed by atoms with Crippen molar-refractivity contribution in [1.29, 1.82) is 5.41 Å². The molecule has 1 aromatic carbocycles. The average molecular weight is 268 g/mol. The van der Waals surface area contributed by atoms with Crippen molar-refractivity contribution in [3.05, 3.63) is 29.3 Å². The largest absolute Gasteiger partial charge is 0.494 e. The summed E-state index contributed by atoms with van der Waals surface area (Å²) >= 11 is 0. The molecule has 0 aliphatic heterocycles. The second kappa shape index (κ2) is 6.36. The summed E-state index contributed by atoms with van der Waals surface area (Å²) in [5, 5.41) is 16.7. The van der Waals surface area contributed by atoms with Gasteiger partial charge >= 0.3 is 0 Å². The molecule has 1 rings (SSSR count). The number of ether oxygens (including phenoxy) is 2. The van der Waals surface area contributed by atoms with E-state index in [0.29, 0.717) is 6.07 Å². The van der Waals surface area contributed by atoms with Crippen molar-refractivity contribution in [2.45, 2.75) is 6.10 Å². The minimum atomic E-state index is -1.58. The van der Waals surface area contributed by atoms with E-state index in [2.05, 4.69) is 9.47 Å². The van der Waals surface area contributed by atoms with Crippen molar-refractivity contribution in [2.75, 3.05) is 14.2 Å². The highest BCUT2D eigenvalue weighted by molar-refractivity contribution is 5.85. The summed E-state index contributed by atoms with van der Waals surface area (Å²) in [5.74, 6) is -2.58. The highest BCUT2D eigenvalue weighted by atomic mass is 35.5. The normalized spacial score (nSPS) is 11.4. The average Bonchev–Trinajstić information content (AvgIpc) is 2.27. The maximum absolute atomic E-state index is 13.3. The van der Waals surface area contributed by atoms with Crippen LogP contribution in [-0.2, 0) is 4.74 Å². The zero-order valence-electron chi connectivity index (χ0n) is 9.16. The van der Waals surface area contributed by atoms with Gasteiger partial charge in [-0.15, -0.1) is 12.4 Å². The fourth-order valence-electron chi connectivity index (χ4n) is 1.16. The third-order valence-corrected chi connectivity index (χ3v) is 2.03. The first-order valence-electron chi connectivity index (χ1n) is 4.34. The van der Waals surface area contributed by atoms with Crippen LogP contribution in [0.3, 0.4) is 0 Å². The number of hydrogen-bond acceptors (Lipinski definition) is 4. The van der Waals surface area contributed by atoms with Crippen molar-refractivity contribution in [3.63, 3.8) is 0 Å². The maximum atomic E-state index is 13.3. The van der Waals surface area contributed by atoms with Gasteiger partial charge in [-0.25, -0.2) is 8.78 Å². The SMILES string of the molecule is COC(=N)C(O)c1cc(OC)c(F)cc1F.Cl. The van der Waals surface area contributed by atoms with Gasteiger partial charge in [-0.1, -0.05) is 0 Å². The van der Waals surface area contributed by atoms with E-state index >= 15 is 0 Å². The van der Waals surface area contributed by atoms with E-state index in [1.165, 1.54) is 14.2 Å². The van der Waals surface area contributed by atoms with Crippen LogP contribution in [0.4, 0.5) is 8.78 Å². The van der Waals surface area contributed by atoms with Gasteiger partial charge in [-0.3, -0.25) is 5.41 Å². The molecule has 0 spiro atoms. The zero-order valence-corrected chi connectivity index (χ0v) is 9.98. The zero-order chi connectivity index (χ0) is 12.3. The van der Waals surface area contributed by atoms with E-state index in [0.717, 1.165) is 6.07 Å². The summed E-state index contributed by atoms with van der Waals surface area (Å²) in [5.41, 5.74) is -0.273. The Bertz CT molecular complexity index is 415. The summed E-state index contributed by atoms with van der Waals surface area (Å²) in [6, 6.07) is 1.57. The summed E-state index contributed by atoms with van der Waals surface area (Å²) in [6.07, 6.45) is -1.58. The molecule has 0 aliphatic rings. The Morgan fingerprint density at radius 1 is 1.29 bits per heavy atom. The van der Waals surface area contributed by atoms with Gasteiger partial charge in [0.2, 0.25) is 5.90 Å². The standard InChI is InChI=1S/C10H11F2NO3.ClH/c1-15-8-3-5(6(11)4-7(8)12)9(14)10(13)16-2;/h3-4,9,13-14H,1-2H3;1H. The molecule has 0 saturated carbocycles. The van der Waals surface area contributed by atoms with Gasteiger partial charge < -0.3 is 14.6 Å². The van der Waals surface area contributed by atoms with Crippen LogP contribution in [0.25, 0.3) is 0 Å². The molecule has 0 heterocycles. The lowest BCUT2D eigenvalue weighted by Gasteiger charge is -2.13. The molecular weight excluding hydrogens is 256 g/mol. The van der Waals surface area contributed by atoms with Gasteiger partial charge in [0.1, 0.15) is 5.82 Å². The number of methoxy groups -OCH3 is 2. The quantitative estimate of drug-likeness (QED) is 0.651. The van der Waals surface area contributed by atoms with Gasteiger partial charge in [0, 0.05) is 11.6 Å². The Morgan fingerprint density at radius 3 is 2.35 bits per heavy atom. The van der Waals surface area contributed by atoms with Gasteiger partial charge in [0.05, 0.1) is 14.2 Å². The lowest BCUT2D eigenvalue weighted by Crippen LogP contribution is -2.14. The molecule has 0 fully saturated rings. The molecule has 1 unspecified atom stereocenters. The number of halogens is 3. The van der Waals surface area contributed by atoms with Gasteiger partial charge in [0.15, 0.2) is 17.7 Å². The van der Waals surface area contributed by atoms with Crippen LogP contribution >= 0.6 is 12.4 Å². The Labute approximate surface area is 103 Å². The smallest absolute Gasteiger partial charge is 0.214 e. The fourth-order valence-corrected chi connectivity index (χ4v) is 1.16.